The van der Waals surface area contributed by atoms with Gasteiger partial charge in [0.2, 0.25) is 15.9 Å². The first-order valence-corrected chi connectivity index (χ1v) is 11.1. The number of hydrogen-bond acceptors (Lipinski definition) is 8. The standard InChI is InChI=1S/C22H22FN5O3S/c1-14-11-17(31-19(14)20(29)30-2)12-26-7-9-27(10-8-26)22-25-28-13-18(24-21(28)32-22)15-3-5-16(23)6-4-15/h3-6,11,13H,7-10,12H2,1-2H3. The number of imidazole rings is 1. The van der Waals surface area contributed by atoms with Gasteiger partial charge in [-0.1, -0.05) is 11.3 Å². The molecule has 4 heterocycles. The molecule has 1 aliphatic heterocycles. The number of carbonyl (C=O) groups excluding carboxylic acids is 1. The minimum absolute atomic E-state index is 0.264. The molecule has 32 heavy (non-hydrogen) atoms. The van der Waals surface area contributed by atoms with Gasteiger partial charge in [0, 0.05) is 37.3 Å². The Labute approximate surface area is 187 Å². The van der Waals surface area contributed by atoms with E-state index < -0.39 is 5.97 Å². The summed E-state index contributed by atoms with van der Waals surface area (Å²) in [5, 5.41) is 5.62. The van der Waals surface area contributed by atoms with E-state index in [1.807, 2.05) is 19.2 Å². The molecule has 0 spiro atoms. The van der Waals surface area contributed by atoms with Gasteiger partial charge in [0.15, 0.2) is 0 Å². The molecule has 5 rings (SSSR count). The number of esters is 1. The van der Waals surface area contributed by atoms with Crippen LogP contribution in [0.4, 0.5) is 9.52 Å². The van der Waals surface area contributed by atoms with Crippen molar-refractivity contribution in [3.8, 4) is 11.3 Å². The van der Waals surface area contributed by atoms with Gasteiger partial charge in [-0.2, -0.15) is 0 Å². The van der Waals surface area contributed by atoms with Crippen molar-refractivity contribution in [1.82, 2.24) is 19.5 Å². The Balaban J connectivity index is 1.22. The van der Waals surface area contributed by atoms with E-state index in [1.165, 1.54) is 19.2 Å². The molecule has 0 unspecified atom stereocenters. The molecule has 0 bridgehead atoms. The van der Waals surface area contributed by atoms with Crippen LogP contribution in [-0.4, -0.2) is 58.8 Å². The van der Waals surface area contributed by atoms with Gasteiger partial charge in [0.05, 0.1) is 25.5 Å². The molecule has 1 aromatic carbocycles. The van der Waals surface area contributed by atoms with E-state index >= 15 is 0 Å². The highest BCUT2D eigenvalue weighted by Gasteiger charge is 2.23. The number of nitrogens with zero attached hydrogens (tertiary/aromatic N) is 5. The molecule has 1 aliphatic rings. The third kappa shape index (κ3) is 3.98. The van der Waals surface area contributed by atoms with Crippen molar-refractivity contribution in [2.45, 2.75) is 13.5 Å². The predicted octanol–water partition coefficient (Wildman–Crippen LogP) is 3.61. The smallest absolute Gasteiger partial charge is 0.374 e. The molecule has 10 heteroatoms. The summed E-state index contributed by atoms with van der Waals surface area (Å²) in [6.07, 6.45) is 1.87. The number of furan rings is 1. The summed E-state index contributed by atoms with van der Waals surface area (Å²) in [6, 6.07) is 8.20. The van der Waals surface area contributed by atoms with Crippen LogP contribution >= 0.6 is 11.3 Å². The number of aromatic nitrogens is 3. The van der Waals surface area contributed by atoms with Crippen LogP contribution in [0.15, 0.2) is 40.9 Å². The average molecular weight is 456 g/mol. The number of carbonyl (C=O) groups is 1. The Kier molecular flexibility index (Phi) is 5.40. The lowest BCUT2D eigenvalue weighted by Gasteiger charge is -2.33. The van der Waals surface area contributed by atoms with Crippen LogP contribution in [0.2, 0.25) is 0 Å². The topological polar surface area (TPSA) is 76.1 Å². The Morgan fingerprint density at radius 1 is 1.22 bits per heavy atom. The molecule has 4 aromatic rings. The van der Waals surface area contributed by atoms with E-state index in [0.29, 0.717) is 6.54 Å². The predicted molar refractivity (Wildman–Crippen MR) is 119 cm³/mol. The Hall–Kier alpha value is -3.24. The van der Waals surface area contributed by atoms with Gasteiger partial charge in [-0.3, -0.25) is 4.90 Å². The Morgan fingerprint density at radius 3 is 2.66 bits per heavy atom. The molecule has 166 valence electrons. The number of benzene rings is 1. The SMILES string of the molecule is COC(=O)c1oc(CN2CCN(c3nn4cc(-c5ccc(F)cc5)nc4s3)CC2)cc1C. The maximum atomic E-state index is 13.2. The molecular weight excluding hydrogens is 433 g/mol. The lowest BCUT2D eigenvalue weighted by atomic mass is 10.2. The molecular formula is C22H22FN5O3S. The van der Waals surface area contributed by atoms with E-state index in [-0.39, 0.29) is 11.6 Å². The molecule has 0 N–H and O–H groups in total. The summed E-state index contributed by atoms with van der Waals surface area (Å²) in [5.41, 5.74) is 2.43. The van der Waals surface area contributed by atoms with E-state index in [2.05, 4.69) is 19.9 Å². The van der Waals surface area contributed by atoms with Crippen molar-refractivity contribution in [1.29, 1.82) is 0 Å². The van der Waals surface area contributed by atoms with Crippen LogP contribution < -0.4 is 4.90 Å². The monoisotopic (exact) mass is 455 g/mol. The number of fused-ring (bicyclic) bond motifs is 1. The first-order valence-electron chi connectivity index (χ1n) is 10.3. The second-order valence-corrected chi connectivity index (χ2v) is 8.66. The number of methoxy groups -OCH3 is 1. The summed E-state index contributed by atoms with van der Waals surface area (Å²) < 4.78 is 25.4. The van der Waals surface area contributed by atoms with E-state index in [4.69, 9.17) is 9.15 Å². The molecule has 3 aromatic heterocycles. The third-order valence-electron chi connectivity index (χ3n) is 5.53. The van der Waals surface area contributed by atoms with Crippen LogP contribution in [0, 0.1) is 12.7 Å². The first-order chi connectivity index (χ1) is 15.5. The number of aryl methyl sites for hydroxylation is 1. The van der Waals surface area contributed by atoms with Gasteiger partial charge in [-0.15, -0.1) is 5.10 Å². The molecule has 0 saturated carbocycles. The summed E-state index contributed by atoms with van der Waals surface area (Å²) in [6.45, 7) is 5.88. The summed E-state index contributed by atoms with van der Waals surface area (Å²) in [7, 11) is 1.35. The zero-order valence-electron chi connectivity index (χ0n) is 17.7. The van der Waals surface area contributed by atoms with Crippen molar-refractivity contribution in [2.75, 3.05) is 38.2 Å². The third-order valence-corrected chi connectivity index (χ3v) is 6.52. The molecule has 1 fully saturated rings. The maximum absolute atomic E-state index is 13.2. The van der Waals surface area contributed by atoms with Gasteiger partial charge in [-0.05, 0) is 37.3 Å². The van der Waals surface area contributed by atoms with Crippen LogP contribution in [0.5, 0.6) is 0 Å². The lowest BCUT2D eigenvalue weighted by molar-refractivity contribution is 0.0560. The fourth-order valence-electron chi connectivity index (χ4n) is 3.82. The molecule has 0 atom stereocenters. The second-order valence-electron chi connectivity index (χ2n) is 7.72. The highest BCUT2D eigenvalue weighted by atomic mass is 32.1. The highest BCUT2D eigenvalue weighted by Crippen LogP contribution is 2.28. The van der Waals surface area contributed by atoms with Crippen LogP contribution in [0.3, 0.4) is 0 Å². The first kappa shape index (κ1) is 20.7. The van der Waals surface area contributed by atoms with Crippen molar-refractivity contribution < 1.29 is 18.3 Å². The number of halogens is 1. The fourth-order valence-corrected chi connectivity index (χ4v) is 4.75. The fraction of sp³-hybridized carbons (Fsp3) is 0.318. The summed E-state index contributed by atoms with van der Waals surface area (Å²) in [4.78, 5) is 21.7. The molecule has 0 aliphatic carbocycles. The molecule has 0 radical (unpaired) electrons. The highest BCUT2D eigenvalue weighted by molar-refractivity contribution is 7.20. The summed E-state index contributed by atoms with van der Waals surface area (Å²) >= 11 is 1.54. The molecule has 1 saturated heterocycles. The van der Waals surface area contributed by atoms with Gasteiger partial charge in [-0.25, -0.2) is 18.7 Å². The molecule has 0 amide bonds. The van der Waals surface area contributed by atoms with E-state index in [1.54, 1.807) is 28.0 Å². The number of ether oxygens (including phenoxy) is 1. The van der Waals surface area contributed by atoms with Crippen LogP contribution in [0.1, 0.15) is 21.9 Å². The van der Waals surface area contributed by atoms with Gasteiger partial charge in [0.25, 0.3) is 0 Å². The minimum Gasteiger partial charge on any atom is -0.463 e. The van der Waals surface area contributed by atoms with Crippen LogP contribution in [-0.2, 0) is 11.3 Å². The Morgan fingerprint density at radius 2 is 1.97 bits per heavy atom. The zero-order chi connectivity index (χ0) is 22.2. The van der Waals surface area contributed by atoms with Crippen molar-refractivity contribution in [2.24, 2.45) is 0 Å². The lowest BCUT2D eigenvalue weighted by Crippen LogP contribution is -2.45. The van der Waals surface area contributed by atoms with Crippen molar-refractivity contribution >= 4 is 27.4 Å². The van der Waals surface area contributed by atoms with Crippen LogP contribution in [0.25, 0.3) is 16.2 Å². The number of hydrogen-bond donors (Lipinski definition) is 0. The molecule has 8 nitrogen and oxygen atoms in total. The quantitative estimate of drug-likeness (QED) is 0.426. The largest absolute Gasteiger partial charge is 0.463 e. The number of piperazine rings is 1. The number of rotatable bonds is 5. The maximum Gasteiger partial charge on any atom is 0.374 e. The normalized spacial score (nSPS) is 14.9. The van der Waals surface area contributed by atoms with Gasteiger partial charge < -0.3 is 14.1 Å². The van der Waals surface area contributed by atoms with Crippen molar-refractivity contribution in [3.63, 3.8) is 0 Å². The average Bonchev–Trinajstić information content (AvgIpc) is 3.47. The van der Waals surface area contributed by atoms with E-state index in [9.17, 15) is 9.18 Å². The van der Waals surface area contributed by atoms with Crippen molar-refractivity contribution in [3.05, 3.63) is 59.4 Å². The Bertz CT molecular complexity index is 1220. The zero-order valence-corrected chi connectivity index (χ0v) is 18.6. The van der Waals surface area contributed by atoms with Gasteiger partial charge >= 0.3 is 5.97 Å². The minimum atomic E-state index is -0.449. The summed E-state index contributed by atoms with van der Waals surface area (Å²) in [5.74, 6) is 0.319. The van der Waals surface area contributed by atoms with Gasteiger partial charge in [0.1, 0.15) is 11.6 Å². The number of anilines is 1. The van der Waals surface area contributed by atoms with E-state index in [0.717, 1.165) is 58.9 Å². The second kappa shape index (κ2) is 8.36.